The van der Waals surface area contributed by atoms with E-state index in [9.17, 15) is 14.4 Å². The lowest BCUT2D eigenvalue weighted by Gasteiger charge is -2.11. The summed E-state index contributed by atoms with van der Waals surface area (Å²) in [5.41, 5.74) is 4.26. The Balaban J connectivity index is 1.55. The summed E-state index contributed by atoms with van der Waals surface area (Å²) in [5.74, 6) is -2.34. The topological polar surface area (TPSA) is 96.9 Å². The lowest BCUT2D eigenvalue weighted by atomic mass is 10.0. The standard InChI is InChI=1S/C27H19Cl2N3O4/c1-16-6-10-19(11-7-16)31-25(33)26(34)32-30-15-22-20-5-3-2-4-17(20)8-13-24(22)36-27(35)21-12-9-18(28)14-23(21)29/h2-15H,1H3,(H,31,33)(H,32,34)/b30-15+. The van der Waals surface area contributed by atoms with Gasteiger partial charge >= 0.3 is 17.8 Å². The molecule has 0 heterocycles. The number of aryl methyl sites for hydroxylation is 1. The fourth-order valence-corrected chi connectivity index (χ4v) is 3.82. The summed E-state index contributed by atoms with van der Waals surface area (Å²) in [7, 11) is 0. The monoisotopic (exact) mass is 519 g/mol. The van der Waals surface area contributed by atoms with Crippen LogP contribution in [0.15, 0.2) is 84.0 Å². The van der Waals surface area contributed by atoms with Crippen LogP contribution in [0.2, 0.25) is 10.0 Å². The van der Waals surface area contributed by atoms with Crippen molar-refractivity contribution < 1.29 is 19.1 Å². The number of hydrogen-bond acceptors (Lipinski definition) is 5. The van der Waals surface area contributed by atoms with Crippen LogP contribution in [0.5, 0.6) is 5.75 Å². The number of anilines is 1. The summed E-state index contributed by atoms with van der Waals surface area (Å²) in [6.45, 7) is 1.91. The van der Waals surface area contributed by atoms with Crippen molar-refractivity contribution in [1.82, 2.24) is 5.43 Å². The number of amides is 2. The molecule has 0 aromatic heterocycles. The summed E-state index contributed by atoms with van der Waals surface area (Å²) >= 11 is 12.1. The second-order valence-electron chi connectivity index (χ2n) is 7.73. The van der Waals surface area contributed by atoms with Crippen molar-refractivity contribution in [2.75, 3.05) is 5.32 Å². The number of hydrogen-bond donors (Lipinski definition) is 2. The molecule has 0 atom stereocenters. The lowest BCUT2D eigenvalue weighted by Crippen LogP contribution is -2.32. The summed E-state index contributed by atoms with van der Waals surface area (Å²) in [5, 5.41) is 8.52. The average Bonchev–Trinajstić information content (AvgIpc) is 2.86. The van der Waals surface area contributed by atoms with Gasteiger partial charge in [0.2, 0.25) is 0 Å². The average molecular weight is 520 g/mol. The van der Waals surface area contributed by atoms with Gasteiger partial charge in [0.25, 0.3) is 0 Å². The molecule has 0 spiro atoms. The van der Waals surface area contributed by atoms with E-state index in [0.717, 1.165) is 10.9 Å². The quantitative estimate of drug-likeness (QED) is 0.115. The molecular formula is C27H19Cl2N3O4. The van der Waals surface area contributed by atoms with Gasteiger partial charge in [-0.3, -0.25) is 9.59 Å². The number of ether oxygens (including phenoxy) is 1. The van der Waals surface area contributed by atoms with Crippen molar-refractivity contribution in [3.63, 3.8) is 0 Å². The molecule has 4 rings (SSSR count). The Morgan fingerprint density at radius 3 is 2.39 bits per heavy atom. The van der Waals surface area contributed by atoms with Gasteiger partial charge in [0.05, 0.1) is 16.8 Å². The maximum atomic E-state index is 12.8. The number of carbonyl (C=O) groups is 3. The number of carbonyl (C=O) groups excluding carboxylic acids is 3. The van der Waals surface area contributed by atoms with Crippen molar-refractivity contribution in [3.8, 4) is 5.75 Å². The van der Waals surface area contributed by atoms with Crippen LogP contribution in [-0.4, -0.2) is 24.0 Å². The van der Waals surface area contributed by atoms with Crippen LogP contribution in [0.25, 0.3) is 10.8 Å². The molecule has 0 radical (unpaired) electrons. The lowest BCUT2D eigenvalue weighted by molar-refractivity contribution is -0.136. The highest BCUT2D eigenvalue weighted by atomic mass is 35.5. The summed E-state index contributed by atoms with van der Waals surface area (Å²) in [6.07, 6.45) is 1.31. The molecule has 36 heavy (non-hydrogen) atoms. The third-order valence-electron chi connectivity index (χ3n) is 5.16. The third-order valence-corrected chi connectivity index (χ3v) is 5.71. The highest BCUT2D eigenvalue weighted by molar-refractivity contribution is 6.39. The molecule has 0 bridgehead atoms. The van der Waals surface area contributed by atoms with Gasteiger partial charge in [0.15, 0.2) is 0 Å². The smallest absolute Gasteiger partial charge is 0.345 e. The summed E-state index contributed by atoms with van der Waals surface area (Å²) < 4.78 is 5.60. The first-order valence-electron chi connectivity index (χ1n) is 10.7. The summed E-state index contributed by atoms with van der Waals surface area (Å²) in [4.78, 5) is 37.2. The second-order valence-corrected chi connectivity index (χ2v) is 8.58. The normalized spacial score (nSPS) is 10.9. The summed E-state index contributed by atoms with van der Waals surface area (Å²) in [6, 6.07) is 22.2. The largest absolute Gasteiger partial charge is 0.422 e. The van der Waals surface area contributed by atoms with E-state index in [-0.39, 0.29) is 16.3 Å². The molecule has 0 unspecified atom stereocenters. The Kier molecular flexibility index (Phi) is 7.63. The number of esters is 1. The van der Waals surface area contributed by atoms with Gasteiger partial charge in [-0.05, 0) is 54.1 Å². The first kappa shape index (κ1) is 24.9. The zero-order chi connectivity index (χ0) is 25.7. The van der Waals surface area contributed by atoms with Gasteiger partial charge in [-0.15, -0.1) is 0 Å². The van der Waals surface area contributed by atoms with E-state index < -0.39 is 17.8 Å². The predicted octanol–water partition coefficient (Wildman–Crippen LogP) is 5.76. The number of nitrogens with one attached hydrogen (secondary N) is 2. The van der Waals surface area contributed by atoms with Gasteiger partial charge in [-0.1, -0.05) is 71.2 Å². The van der Waals surface area contributed by atoms with E-state index in [0.29, 0.717) is 21.7 Å². The minimum Gasteiger partial charge on any atom is -0.422 e. The van der Waals surface area contributed by atoms with Crippen LogP contribution in [0.4, 0.5) is 5.69 Å². The molecule has 0 aliphatic heterocycles. The molecule has 0 aliphatic rings. The zero-order valence-electron chi connectivity index (χ0n) is 18.9. The first-order valence-corrected chi connectivity index (χ1v) is 11.5. The molecule has 180 valence electrons. The minimum atomic E-state index is -0.960. The van der Waals surface area contributed by atoms with Gasteiger partial charge in [0, 0.05) is 16.3 Å². The van der Waals surface area contributed by atoms with E-state index in [1.165, 1.54) is 24.4 Å². The Morgan fingerprint density at radius 2 is 1.64 bits per heavy atom. The van der Waals surface area contributed by atoms with E-state index in [2.05, 4.69) is 15.8 Å². The van der Waals surface area contributed by atoms with Crippen molar-refractivity contribution in [2.24, 2.45) is 5.10 Å². The molecule has 9 heteroatoms. The third kappa shape index (κ3) is 5.89. The fourth-order valence-electron chi connectivity index (χ4n) is 3.34. The van der Waals surface area contributed by atoms with E-state index >= 15 is 0 Å². The molecule has 2 amide bonds. The molecule has 7 nitrogen and oxygen atoms in total. The molecule has 0 saturated carbocycles. The number of halogens is 2. The Labute approximate surface area is 216 Å². The zero-order valence-corrected chi connectivity index (χ0v) is 20.4. The minimum absolute atomic E-state index is 0.137. The van der Waals surface area contributed by atoms with Crippen LogP contribution in [0.1, 0.15) is 21.5 Å². The van der Waals surface area contributed by atoms with Gasteiger partial charge in [-0.25, -0.2) is 10.2 Å². The van der Waals surface area contributed by atoms with Crippen molar-refractivity contribution in [3.05, 3.63) is 106 Å². The van der Waals surface area contributed by atoms with Crippen molar-refractivity contribution in [1.29, 1.82) is 0 Å². The predicted molar refractivity (Wildman–Crippen MR) is 141 cm³/mol. The first-order chi connectivity index (χ1) is 17.3. The molecule has 0 saturated heterocycles. The highest BCUT2D eigenvalue weighted by Crippen LogP contribution is 2.29. The SMILES string of the molecule is Cc1ccc(NC(=O)C(=O)N/N=C/c2c(OC(=O)c3ccc(Cl)cc3Cl)ccc3ccccc23)cc1. The second kappa shape index (κ2) is 11.0. The maximum absolute atomic E-state index is 12.8. The van der Waals surface area contributed by atoms with E-state index in [1.807, 2.05) is 43.3 Å². The number of rotatable bonds is 5. The number of hydrazone groups is 1. The number of benzene rings is 4. The Bertz CT molecular complexity index is 1500. The molecule has 4 aromatic rings. The molecule has 2 N–H and O–H groups in total. The molecule has 0 aliphatic carbocycles. The molecule has 4 aromatic carbocycles. The molecule has 0 fully saturated rings. The van der Waals surface area contributed by atoms with E-state index in [1.54, 1.807) is 24.3 Å². The van der Waals surface area contributed by atoms with Crippen LogP contribution < -0.4 is 15.5 Å². The van der Waals surface area contributed by atoms with Crippen LogP contribution in [0.3, 0.4) is 0 Å². The molecular weight excluding hydrogens is 501 g/mol. The van der Waals surface area contributed by atoms with Gasteiger partial charge in [-0.2, -0.15) is 5.10 Å². The maximum Gasteiger partial charge on any atom is 0.345 e. The van der Waals surface area contributed by atoms with Crippen LogP contribution >= 0.6 is 23.2 Å². The Morgan fingerprint density at radius 1 is 0.889 bits per heavy atom. The van der Waals surface area contributed by atoms with Crippen LogP contribution in [-0.2, 0) is 9.59 Å². The Hall–Kier alpha value is -4.20. The van der Waals surface area contributed by atoms with Crippen molar-refractivity contribution in [2.45, 2.75) is 6.92 Å². The van der Waals surface area contributed by atoms with Gasteiger partial charge in [0.1, 0.15) is 5.75 Å². The highest BCUT2D eigenvalue weighted by Gasteiger charge is 2.17. The number of nitrogens with zero attached hydrogens (tertiary/aromatic N) is 1. The van der Waals surface area contributed by atoms with Crippen molar-refractivity contribution >= 4 is 63.7 Å². The van der Waals surface area contributed by atoms with Crippen LogP contribution in [0, 0.1) is 6.92 Å². The van der Waals surface area contributed by atoms with Gasteiger partial charge < -0.3 is 10.1 Å². The fraction of sp³-hybridized carbons (Fsp3) is 0.0370. The van der Waals surface area contributed by atoms with E-state index in [4.69, 9.17) is 27.9 Å². The number of fused-ring (bicyclic) bond motifs is 1.